The summed E-state index contributed by atoms with van der Waals surface area (Å²) in [5.41, 5.74) is -1.64. The molecule has 1 aliphatic carbocycles. The highest BCUT2D eigenvalue weighted by atomic mass is 32.1. The summed E-state index contributed by atoms with van der Waals surface area (Å²) in [7, 11) is 0. The van der Waals surface area contributed by atoms with Crippen LogP contribution in [0.3, 0.4) is 0 Å². The molecule has 2 rings (SSSR count). The number of ketones is 1. The Labute approximate surface area is 103 Å². The molecule has 1 aromatic heterocycles. The van der Waals surface area contributed by atoms with Crippen molar-refractivity contribution in [3.63, 3.8) is 0 Å². The first-order chi connectivity index (χ1) is 8.16. The van der Waals surface area contributed by atoms with Crippen molar-refractivity contribution in [3.8, 4) is 0 Å². The number of aliphatic hydroxyl groups is 1. The molecule has 0 saturated heterocycles. The number of rotatable bonds is 5. The molecule has 0 fully saturated rings. The number of Topliss-reactive ketones (excluding diaryl/α,β-unsaturated/α-hetero) is 1. The summed E-state index contributed by atoms with van der Waals surface area (Å²) in [5, 5.41) is 12.2. The lowest BCUT2D eigenvalue weighted by Crippen LogP contribution is -2.49. The quantitative estimate of drug-likeness (QED) is 0.870. The van der Waals surface area contributed by atoms with Crippen LogP contribution in [0.2, 0.25) is 0 Å². The van der Waals surface area contributed by atoms with Gasteiger partial charge in [0, 0.05) is 0 Å². The van der Waals surface area contributed by atoms with Gasteiger partial charge < -0.3 is 14.6 Å². The molecule has 1 atom stereocenters. The van der Waals surface area contributed by atoms with E-state index in [1.807, 2.05) is 5.38 Å². The monoisotopic (exact) mass is 254 g/mol. The Balaban J connectivity index is 2.40. The average Bonchev–Trinajstić information content (AvgIpc) is 2.86. The van der Waals surface area contributed by atoms with Gasteiger partial charge in [0.2, 0.25) is 17.1 Å². The summed E-state index contributed by atoms with van der Waals surface area (Å²) in [6.45, 7) is 4.34. The molecule has 17 heavy (non-hydrogen) atoms. The van der Waals surface area contributed by atoms with E-state index in [2.05, 4.69) is 0 Å². The van der Waals surface area contributed by atoms with Crippen LogP contribution in [-0.2, 0) is 19.9 Å². The normalized spacial score (nSPS) is 23.6. The van der Waals surface area contributed by atoms with E-state index in [0.717, 1.165) is 0 Å². The molecular weight excluding hydrogens is 240 g/mol. The van der Waals surface area contributed by atoms with Crippen molar-refractivity contribution in [1.29, 1.82) is 0 Å². The molecular formula is C12H14O4S. The Bertz CT molecular complexity index is 449. The van der Waals surface area contributed by atoms with Crippen molar-refractivity contribution in [2.45, 2.75) is 19.4 Å². The van der Waals surface area contributed by atoms with Crippen LogP contribution in [0.1, 0.15) is 18.7 Å². The maximum Gasteiger partial charge on any atom is 0.245 e. The number of thiophene rings is 1. The van der Waals surface area contributed by atoms with Crippen LogP contribution < -0.4 is 0 Å². The summed E-state index contributed by atoms with van der Waals surface area (Å²) < 4.78 is 10.5. The molecule has 0 bridgehead atoms. The first-order valence-corrected chi connectivity index (χ1v) is 6.35. The minimum atomic E-state index is -1.64. The fourth-order valence-electron chi connectivity index (χ4n) is 1.77. The highest BCUT2D eigenvalue weighted by Gasteiger charge is 2.58. The lowest BCUT2D eigenvalue weighted by atomic mass is 9.81. The largest absolute Gasteiger partial charge is 0.490 e. The highest BCUT2D eigenvalue weighted by molar-refractivity contribution is 7.10. The zero-order valence-corrected chi connectivity index (χ0v) is 10.5. The molecule has 4 nitrogen and oxygen atoms in total. The first-order valence-electron chi connectivity index (χ1n) is 5.47. The molecule has 92 valence electrons. The van der Waals surface area contributed by atoms with Gasteiger partial charge in [-0.15, -0.1) is 11.3 Å². The molecule has 0 radical (unpaired) electrons. The molecule has 0 spiro atoms. The molecule has 0 aromatic carbocycles. The molecule has 0 aliphatic heterocycles. The van der Waals surface area contributed by atoms with Gasteiger partial charge in [0.05, 0.1) is 18.1 Å². The summed E-state index contributed by atoms with van der Waals surface area (Å²) in [5.74, 6) is -0.0511. The van der Waals surface area contributed by atoms with Crippen LogP contribution in [0.25, 0.3) is 0 Å². The molecule has 1 aliphatic rings. The standard InChI is InChI=1S/C12H14O4S/c1-3-15-9-10(13)12(14,11(9)16-4-2)8-6-5-7-17-8/h5-7,14H,3-4H2,1-2H3. The van der Waals surface area contributed by atoms with Crippen LogP contribution in [-0.4, -0.2) is 24.1 Å². The Morgan fingerprint density at radius 3 is 2.59 bits per heavy atom. The smallest absolute Gasteiger partial charge is 0.245 e. The summed E-state index contributed by atoms with van der Waals surface area (Å²) in [6.07, 6.45) is 0. The summed E-state index contributed by atoms with van der Waals surface area (Å²) >= 11 is 1.32. The predicted octanol–water partition coefficient (Wildman–Crippen LogP) is 1.80. The topological polar surface area (TPSA) is 55.8 Å². The highest BCUT2D eigenvalue weighted by Crippen LogP contribution is 2.45. The minimum absolute atomic E-state index is 0.144. The molecule has 1 aromatic rings. The van der Waals surface area contributed by atoms with Crippen LogP contribution in [0, 0.1) is 0 Å². The zero-order valence-electron chi connectivity index (χ0n) is 9.73. The van der Waals surface area contributed by atoms with E-state index in [1.54, 1.807) is 26.0 Å². The van der Waals surface area contributed by atoms with Crippen molar-refractivity contribution in [2.75, 3.05) is 13.2 Å². The Hall–Kier alpha value is -1.33. The molecule has 0 amide bonds. The third-order valence-electron chi connectivity index (χ3n) is 2.52. The van der Waals surface area contributed by atoms with Gasteiger partial charge in [0.15, 0.2) is 5.76 Å². The van der Waals surface area contributed by atoms with E-state index in [-0.39, 0.29) is 11.5 Å². The number of carbonyl (C=O) groups is 1. The van der Waals surface area contributed by atoms with Crippen LogP contribution in [0.5, 0.6) is 0 Å². The number of hydrogen-bond donors (Lipinski definition) is 1. The summed E-state index contributed by atoms with van der Waals surface area (Å²) in [6, 6.07) is 3.50. The molecule has 5 heteroatoms. The zero-order chi connectivity index (χ0) is 12.5. The van der Waals surface area contributed by atoms with Crippen LogP contribution in [0.4, 0.5) is 0 Å². The van der Waals surface area contributed by atoms with Crippen molar-refractivity contribution in [3.05, 3.63) is 33.9 Å². The SMILES string of the molecule is CCOC1=C(OCC)C(O)(c2cccs2)C1=O. The minimum Gasteiger partial charge on any atom is -0.490 e. The van der Waals surface area contributed by atoms with Crippen molar-refractivity contribution < 1.29 is 19.4 Å². The number of ether oxygens (including phenoxy) is 2. The van der Waals surface area contributed by atoms with Crippen molar-refractivity contribution in [1.82, 2.24) is 0 Å². The van der Waals surface area contributed by atoms with E-state index in [4.69, 9.17) is 9.47 Å². The van der Waals surface area contributed by atoms with E-state index >= 15 is 0 Å². The number of carbonyl (C=O) groups excluding carboxylic acids is 1. The lowest BCUT2D eigenvalue weighted by molar-refractivity contribution is -0.148. The summed E-state index contributed by atoms with van der Waals surface area (Å²) in [4.78, 5) is 12.5. The van der Waals surface area contributed by atoms with E-state index in [1.165, 1.54) is 11.3 Å². The maximum absolute atomic E-state index is 12.0. The maximum atomic E-state index is 12.0. The van der Waals surface area contributed by atoms with Gasteiger partial charge in [-0.2, -0.15) is 0 Å². The van der Waals surface area contributed by atoms with Gasteiger partial charge in [-0.3, -0.25) is 4.79 Å². The van der Waals surface area contributed by atoms with Gasteiger partial charge in [0.1, 0.15) is 0 Å². The van der Waals surface area contributed by atoms with Crippen LogP contribution in [0.15, 0.2) is 29.0 Å². The van der Waals surface area contributed by atoms with Gasteiger partial charge in [-0.1, -0.05) is 6.07 Å². The van der Waals surface area contributed by atoms with E-state index in [0.29, 0.717) is 18.1 Å². The van der Waals surface area contributed by atoms with Gasteiger partial charge >= 0.3 is 0 Å². The second kappa shape index (κ2) is 4.50. The van der Waals surface area contributed by atoms with E-state index < -0.39 is 11.4 Å². The predicted molar refractivity (Wildman–Crippen MR) is 63.5 cm³/mol. The number of hydrogen-bond acceptors (Lipinski definition) is 5. The fourth-order valence-corrected chi connectivity index (χ4v) is 2.59. The molecule has 1 unspecified atom stereocenters. The second-order valence-electron chi connectivity index (χ2n) is 3.54. The van der Waals surface area contributed by atoms with E-state index in [9.17, 15) is 9.90 Å². The Kier molecular flexibility index (Phi) is 3.22. The third-order valence-corrected chi connectivity index (χ3v) is 3.50. The fraction of sp³-hybridized carbons (Fsp3) is 0.417. The Morgan fingerprint density at radius 1 is 1.35 bits per heavy atom. The van der Waals surface area contributed by atoms with Gasteiger partial charge in [0.25, 0.3) is 0 Å². The molecule has 1 heterocycles. The molecule has 0 saturated carbocycles. The third kappa shape index (κ3) is 1.66. The lowest BCUT2D eigenvalue weighted by Gasteiger charge is -2.37. The molecule has 1 N–H and O–H groups in total. The van der Waals surface area contributed by atoms with Crippen molar-refractivity contribution >= 4 is 17.1 Å². The van der Waals surface area contributed by atoms with Gasteiger partial charge in [-0.25, -0.2) is 0 Å². The second-order valence-corrected chi connectivity index (χ2v) is 4.49. The average molecular weight is 254 g/mol. The Morgan fingerprint density at radius 2 is 2.06 bits per heavy atom. The van der Waals surface area contributed by atoms with Crippen molar-refractivity contribution in [2.24, 2.45) is 0 Å². The first kappa shape index (κ1) is 12.1. The van der Waals surface area contributed by atoms with Gasteiger partial charge in [-0.05, 0) is 25.3 Å². The van der Waals surface area contributed by atoms with Crippen LogP contribution >= 0.6 is 11.3 Å².